The van der Waals surface area contributed by atoms with E-state index < -0.39 is 29.4 Å². The lowest BCUT2D eigenvalue weighted by molar-refractivity contribution is -0.123. The number of pyridine rings is 1. The van der Waals surface area contributed by atoms with Crippen molar-refractivity contribution in [2.24, 2.45) is 0 Å². The molecular weight excluding hydrogens is 346 g/mol. The highest BCUT2D eigenvalue weighted by molar-refractivity contribution is 6.33. The summed E-state index contributed by atoms with van der Waals surface area (Å²) in [6, 6.07) is 6.81. The fraction of sp³-hybridized carbons (Fsp3) is 0.133. The van der Waals surface area contributed by atoms with Crippen molar-refractivity contribution in [1.29, 1.82) is 0 Å². The molecule has 0 saturated heterocycles. The molecule has 23 heavy (non-hydrogen) atoms. The number of nitrogens with one attached hydrogen (secondary N) is 1. The van der Waals surface area contributed by atoms with E-state index in [0.29, 0.717) is 5.02 Å². The number of hydrogen-bond donors (Lipinski definition) is 1. The molecule has 8 heteroatoms. The van der Waals surface area contributed by atoms with Crippen LogP contribution in [-0.4, -0.2) is 23.0 Å². The zero-order valence-electron chi connectivity index (χ0n) is 11.8. The molecule has 1 heterocycles. The second-order valence-electron chi connectivity index (χ2n) is 4.50. The number of carbonyl (C=O) groups is 2. The molecule has 0 aliphatic rings. The topological polar surface area (TPSA) is 68.3 Å². The minimum Gasteiger partial charge on any atom is -0.449 e. The second kappa shape index (κ2) is 7.39. The average Bonchev–Trinajstić information content (AvgIpc) is 2.49. The first-order chi connectivity index (χ1) is 10.9. The van der Waals surface area contributed by atoms with E-state index in [4.69, 9.17) is 27.9 Å². The second-order valence-corrected chi connectivity index (χ2v) is 5.34. The third-order valence-corrected chi connectivity index (χ3v) is 3.34. The van der Waals surface area contributed by atoms with Crippen LogP contribution < -0.4 is 5.32 Å². The fourth-order valence-electron chi connectivity index (χ4n) is 1.64. The molecule has 0 aliphatic carbocycles. The van der Waals surface area contributed by atoms with E-state index in [1.807, 2.05) is 0 Å². The van der Waals surface area contributed by atoms with Crippen LogP contribution in [0.2, 0.25) is 10.0 Å². The van der Waals surface area contributed by atoms with Gasteiger partial charge in [0.1, 0.15) is 17.2 Å². The van der Waals surface area contributed by atoms with Gasteiger partial charge in [0, 0.05) is 6.20 Å². The van der Waals surface area contributed by atoms with Gasteiger partial charge in [-0.05, 0) is 31.2 Å². The zero-order chi connectivity index (χ0) is 17.0. The molecule has 0 aliphatic heterocycles. The number of halogens is 3. The standard InChI is InChI=1S/C15H11Cl2FN2O3/c1-8(14(21)20-12-6-5-9(16)7-19-12)23-15(22)13-10(17)3-2-4-11(13)18/h2-8H,1H3,(H,19,20,21)/t8-/m1/s1. The largest absolute Gasteiger partial charge is 0.449 e. The van der Waals surface area contributed by atoms with E-state index in [1.54, 1.807) is 6.07 Å². The summed E-state index contributed by atoms with van der Waals surface area (Å²) in [5.41, 5.74) is -0.418. The van der Waals surface area contributed by atoms with E-state index >= 15 is 0 Å². The average molecular weight is 357 g/mol. The van der Waals surface area contributed by atoms with Crippen molar-refractivity contribution in [2.75, 3.05) is 5.32 Å². The van der Waals surface area contributed by atoms with Crippen LogP contribution in [0.3, 0.4) is 0 Å². The summed E-state index contributed by atoms with van der Waals surface area (Å²) in [5.74, 6) is -2.24. The van der Waals surface area contributed by atoms with Crippen molar-refractivity contribution in [3.8, 4) is 0 Å². The van der Waals surface area contributed by atoms with Gasteiger partial charge in [0.2, 0.25) is 0 Å². The highest BCUT2D eigenvalue weighted by Crippen LogP contribution is 2.20. The van der Waals surface area contributed by atoms with E-state index in [2.05, 4.69) is 10.3 Å². The number of nitrogens with zero attached hydrogens (tertiary/aromatic N) is 1. The summed E-state index contributed by atoms with van der Waals surface area (Å²) < 4.78 is 18.6. The van der Waals surface area contributed by atoms with Gasteiger partial charge in [-0.1, -0.05) is 29.3 Å². The fourth-order valence-corrected chi connectivity index (χ4v) is 2.00. The van der Waals surface area contributed by atoms with Gasteiger partial charge in [-0.3, -0.25) is 4.79 Å². The number of aromatic nitrogens is 1. The van der Waals surface area contributed by atoms with Gasteiger partial charge in [-0.2, -0.15) is 0 Å². The van der Waals surface area contributed by atoms with Crippen LogP contribution in [-0.2, 0) is 9.53 Å². The predicted molar refractivity (Wildman–Crippen MR) is 84.2 cm³/mol. The van der Waals surface area contributed by atoms with Gasteiger partial charge in [-0.15, -0.1) is 0 Å². The van der Waals surface area contributed by atoms with Crippen molar-refractivity contribution in [3.05, 3.63) is 58.0 Å². The summed E-state index contributed by atoms with van der Waals surface area (Å²) in [7, 11) is 0. The Labute approximate surface area is 141 Å². The first-order valence-electron chi connectivity index (χ1n) is 6.46. The van der Waals surface area contributed by atoms with Crippen LogP contribution in [0.1, 0.15) is 17.3 Å². The molecule has 0 bridgehead atoms. The number of ether oxygens (including phenoxy) is 1. The summed E-state index contributed by atoms with van der Waals surface area (Å²) >= 11 is 11.5. The van der Waals surface area contributed by atoms with E-state index in [9.17, 15) is 14.0 Å². The summed E-state index contributed by atoms with van der Waals surface area (Å²) in [6.07, 6.45) is 0.183. The van der Waals surface area contributed by atoms with E-state index in [0.717, 1.165) is 6.07 Å². The van der Waals surface area contributed by atoms with Crippen LogP contribution in [0.15, 0.2) is 36.5 Å². The molecule has 0 radical (unpaired) electrons. The molecule has 5 nitrogen and oxygen atoms in total. The molecule has 120 valence electrons. The first-order valence-corrected chi connectivity index (χ1v) is 7.21. The lowest BCUT2D eigenvalue weighted by Crippen LogP contribution is -2.30. The Morgan fingerprint density at radius 1 is 1.26 bits per heavy atom. The highest BCUT2D eigenvalue weighted by Gasteiger charge is 2.23. The minimum absolute atomic E-state index is 0.0954. The van der Waals surface area contributed by atoms with Crippen LogP contribution in [0.4, 0.5) is 10.2 Å². The van der Waals surface area contributed by atoms with Gasteiger partial charge in [-0.25, -0.2) is 14.2 Å². The van der Waals surface area contributed by atoms with Crippen molar-refractivity contribution in [1.82, 2.24) is 4.98 Å². The number of anilines is 1. The molecule has 0 unspecified atom stereocenters. The number of rotatable bonds is 4. The maximum atomic E-state index is 13.6. The van der Waals surface area contributed by atoms with E-state index in [1.165, 1.54) is 31.3 Å². The van der Waals surface area contributed by atoms with Crippen molar-refractivity contribution >= 4 is 40.9 Å². The van der Waals surface area contributed by atoms with Crippen LogP contribution >= 0.6 is 23.2 Å². The lowest BCUT2D eigenvalue weighted by Gasteiger charge is -2.14. The Hall–Kier alpha value is -2.18. The molecule has 1 atom stereocenters. The Morgan fingerprint density at radius 2 is 2.00 bits per heavy atom. The molecule has 1 N–H and O–H groups in total. The van der Waals surface area contributed by atoms with Gasteiger partial charge >= 0.3 is 5.97 Å². The van der Waals surface area contributed by atoms with Gasteiger partial charge < -0.3 is 10.1 Å². The normalized spacial score (nSPS) is 11.7. The first kappa shape index (κ1) is 17.2. The lowest BCUT2D eigenvalue weighted by atomic mass is 10.2. The van der Waals surface area contributed by atoms with E-state index in [-0.39, 0.29) is 10.8 Å². The summed E-state index contributed by atoms with van der Waals surface area (Å²) in [6.45, 7) is 1.35. The van der Waals surface area contributed by atoms with Crippen molar-refractivity contribution in [3.63, 3.8) is 0 Å². The molecule has 1 aromatic heterocycles. The van der Waals surface area contributed by atoms with Crippen molar-refractivity contribution in [2.45, 2.75) is 13.0 Å². The predicted octanol–water partition coefficient (Wildman–Crippen LogP) is 3.71. The minimum atomic E-state index is -1.17. The van der Waals surface area contributed by atoms with Crippen LogP contribution in [0.5, 0.6) is 0 Å². The Balaban J connectivity index is 2.03. The molecule has 2 rings (SSSR count). The van der Waals surface area contributed by atoms with Crippen LogP contribution in [0.25, 0.3) is 0 Å². The highest BCUT2D eigenvalue weighted by atomic mass is 35.5. The Bertz CT molecular complexity index is 718. The summed E-state index contributed by atoms with van der Waals surface area (Å²) in [4.78, 5) is 27.8. The maximum absolute atomic E-state index is 13.6. The smallest absolute Gasteiger partial charge is 0.343 e. The summed E-state index contributed by atoms with van der Waals surface area (Å²) in [5, 5.41) is 2.76. The van der Waals surface area contributed by atoms with Gasteiger partial charge in [0.15, 0.2) is 6.10 Å². The number of amides is 1. The molecular formula is C15H11Cl2FN2O3. The maximum Gasteiger partial charge on any atom is 0.343 e. The SMILES string of the molecule is C[C@@H](OC(=O)c1c(F)cccc1Cl)C(=O)Nc1ccc(Cl)cn1. The zero-order valence-corrected chi connectivity index (χ0v) is 13.4. The molecule has 1 aromatic carbocycles. The third kappa shape index (κ3) is 4.40. The quantitative estimate of drug-likeness (QED) is 0.847. The Morgan fingerprint density at radius 3 is 2.61 bits per heavy atom. The molecule has 1 amide bonds. The molecule has 2 aromatic rings. The van der Waals surface area contributed by atoms with Crippen molar-refractivity contribution < 1.29 is 18.7 Å². The Kier molecular flexibility index (Phi) is 5.52. The van der Waals surface area contributed by atoms with Crippen LogP contribution in [0, 0.1) is 5.82 Å². The monoisotopic (exact) mass is 356 g/mol. The van der Waals surface area contributed by atoms with Gasteiger partial charge in [0.05, 0.1) is 10.0 Å². The number of benzene rings is 1. The third-order valence-electron chi connectivity index (χ3n) is 2.80. The molecule has 0 saturated carbocycles. The number of esters is 1. The number of hydrogen-bond acceptors (Lipinski definition) is 4. The van der Waals surface area contributed by atoms with Gasteiger partial charge in [0.25, 0.3) is 5.91 Å². The number of carbonyl (C=O) groups excluding carboxylic acids is 2. The molecule has 0 spiro atoms. The molecule has 0 fully saturated rings.